The lowest BCUT2D eigenvalue weighted by molar-refractivity contribution is 0.636. The largest absolute Gasteiger partial charge is 0.311 e. The number of hydrogen-bond acceptors (Lipinski definition) is 3. The lowest BCUT2D eigenvalue weighted by Gasteiger charge is -2.00. The lowest BCUT2D eigenvalue weighted by Crippen LogP contribution is -2.14. The Morgan fingerprint density at radius 1 is 1.47 bits per heavy atom. The molecular weight excluding hydrogens is 230 g/mol. The zero-order valence-electron chi connectivity index (χ0n) is 8.45. The van der Waals surface area contributed by atoms with Gasteiger partial charge in [-0.3, -0.25) is 4.40 Å². The number of thiazole rings is 1. The zero-order valence-corrected chi connectivity index (χ0v) is 10.0. The van der Waals surface area contributed by atoms with Crippen molar-refractivity contribution < 1.29 is 0 Å². The Labute approximate surface area is 98.1 Å². The highest BCUT2D eigenvalue weighted by Crippen LogP contribution is 2.10. The summed E-state index contributed by atoms with van der Waals surface area (Å²) < 4.78 is 2.06. The molecule has 0 radical (unpaired) electrons. The van der Waals surface area contributed by atoms with Crippen LogP contribution < -0.4 is 5.32 Å². The molecule has 0 aliphatic heterocycles. The van der Waals surface area contributed by atoms with Gasteiger partial charge in [-0.1, -0.05) is 0 Å². The number of unbranched alkanes of at least 4 members (excludes halogenated alkanes) is 1. The van der Waals surface area contributed by atoms with Gasteiger partial charge < -0.3 is 5.32 Å². The Bertz CT molecular complexity index is 381. The van der Waals surface area contributed by atoms with Crippen molar-refractivity contribution in [3.8, 4) is 0 Å². The van der Waals surface area contributed by atoms with E-state index in [1.165, 1.54) is 0 Å². The van der Waals surface area contributed by atoms with Gasteiger partial charge in [0, 0.05) is 30.2 Å². The van der Waals surface area contributed by atoms with E-state index in [2.05, 4.69) is 20.9 Å². The van der Waals surface area contributed by atoms with Crippen molar-refractivity contribution in [2.45, 2.75) is 19.4 Å². The maximum atomic E-state index is 5.59. The van der Waals surface area contributed by atoms with Crippen LogP contribution in [0.1, 0.15) is 18.5 Å². The molecule has 1 N–H and O–H groups in total. The fourth-order valence-corrected chi connectivity index (χ4v) is 2.33. The molecule has 0 aliphatic rings. The Morgan fingerprint density at radius 3 is 3.20 bits per heavy atom. The van der Waals surface area contributed by atoms with Crippen molar-refractivity contribution in [3.05, 3.63) is 23.5 Å². The predicted octanol–water partition coefficient (Wildman–Crippen LogP) is 2.50. The molecule has 0 saturated heterocycles. The van der Waals surface area contributed by atoms with E-state index in [0.29, 0.717) is 0 Å². The number of alkyl halides is 1. The summed E-state index contributed by atoms with van der Waals surface area (Å²) in [6.45, 7) is 1.86. The monoisotopic (exact) mass is 243 g/mol. The normalized spacial score (nSPS) is 11.3. The van der Waals surface area contributed by atoms with Crippen LogP contribution in [0.15, 0.2) is 17.8 Å². The number of nitrogens with zero attached hydrogens (tertiary/aromatic N) is 2. The number of halogens is 1. The highest BCUT2D eigenvalue weighted by molar-refractivity contribution is 7.15. The summed E-state index contributed by atoms with van der Waals surface area (Å²) in [6.07, 6.45) is 6.31. The molecule has 2 aromatic rings. The molecule has 0 aromatic carbocycles. The van der Waals surface area contributed by atoms with Crippen LogP contribution in [0.3, 0.4) is 0 Å². The van der Waals surface area contributed by atoms with E-state index in [1.807, 2.05) is 11.6 Å². The van der Waals surface area contributed by atoms with Crippen LogP contribution in [0.2, 0.25) is 0 Å². The number of fused-ring (bicyclic) bond motifs is 1. The first-order valence-electron chi connectivity index (χ1n) is 5.08. The molecule has 0 fully saturated rings. The molecule has 2 rings (SSSR count). The van der Waals surface area contributed by atoms with Crippen LogP contribution in [-0.4, -0.2) is 21.8 Å². The number of aromatic nitrogens is 2. The second-order valence-corrected chi connectivity index (χ2v) is 4.65. The summed E-state index contributed by atoms with van der Waals surface area (Å²) in [5.74, 6) is 0.752. The van der Waals surface area contributed by atoms with E-state index in [1.54, 1.807) is 11.3 Å². The third kappa shape index (κ3) is 2.93. The van der Waals surface area contributed by atoms with E-state index in [0.717, 1.165) is 42.5 Å². The number of nitrogens with one attached hydrogen (secondary N) is 1. The first kappa shape index (κ1) is 10.9. The third-order valence-electron chi connectivity index (χ3n) is 2.19. The molecule has 2 aromatic heterocycles. The highest BCUT2D eigenvalue weighted by Gasteiger charge is 2.00. The zero-order chi connectivity index (χ0) is 10.5. The number of hydrogen-bond donors (Lipinski definition) is 1. The van der Waals surface area contributed by atoms with Crippen molar-refractivity contribution >= 4 is 27.9 Å². The van der Waals surface area contributed by atoms with E-state index in [-0.39, 0.29) is 0 Å². The molecule has 3 nitrogen and oxygen atoms in total. The average molecular weight is 244 g/mol. The molecule has 0 unspecified atom stereocenters. The Kier molecular flexibility index (Phi) is 4.00. The summed E-state index contributed by atoms with van der Waals surface area (Å²) in [7, 11) is 0. The van der Waals surface area contributed by atoms with Gasteiger partial charge in [-0.2, -0.15) is 0 Å². The Balaban J connectivity index is 1.77. The van der Waals surface area contributed by atoms with Crippen molar-refractivity contribution in [1.82, 2.24) is 14.7 Å². The molecule has 0 saturated carbocycles. The van der Waals surface area contributed by atoms with Gasteiger partial charge in [0.05, 0.1) is 5.69 Å². The molecule has 82 valence electrons. The molecule has 0 amide bonds. The van der Waals surface area contributed by atoms with Gasteiger partial charge in [0.25, 0.3) is 0 Å². The van der Waals surface area contributed by atoms with Crippen LogP contribution in [0.4, 0.5) is 0 Å². The van der Waals surface area contributed by atoms with Crippen molar-refractivity contribution in [3.63, 3.8) is 0 Å². The minimum atomic E-state index is 0.752. The van der Waals surface area contributed by atoms with E-state index < -0.39 is 0 Å². The molecule has 0 atom stereocenters. The van der Waals surface area contributed by atoms with Gasteiger partial charge in [0.1, 0.15) is 0 Å². The van der Waals surface area contributed by atoms with Gasteiger partial charge in [-0.15, -0.1) is 22.9 Å². The minimum absolute atomic E-state index is 0.752. The third-order valence-corrected chi connectivity index (χ3v) is 3.22. The number of rotatable bonds is 6. The highest BCUT2D eigenvalue weighted by atomic mass is 35.5. The first-order valence-corrected chi connectivity index (χ1v) is 6.49. The van der Waals surface area contributed by atoms with Gasteiger partial charge in [0.15, 0.2) is 4.96 Å². The maximum Gasteiger partial charge on any atom is 0.193 e. The van der Waals surface area contributed by atoms with Crippen LogP contribution in [0, 0.1) is 0 Å². The smallest absolute Gasteiger partial charge is 0.193 e. The van der Waals surface area contributed by atoms with Gasteiger partial charge in [-0.25, -0.2) is 4.98 Å². The molecule has 0 aliphatic carbocycles. The molecule has 2 heterocycles. The second-order valence-electron chi connectivity index (χ2n) is 3.40. The van der Waals surface area contributed by atoms with Crippen molar-refractivity contribution in [2.75, 3.05) is 12.4 Å². The average Bonchev–Trinajstić information content (AvgIpc) is 2.77. The molecular formula is C10H14ClN3S. The fourth-order valence-electron chi connectivity index (χ4n) is 1.42. The van der Waals surface area contributed by atoms with E-state index >= 15 is 0 Å². The van der Waals surface area contributed by atoms with Crippen molar-refractivity contribution in [1.29, 1.82) is 0 Å². The first-order chi connectivity index (χ1) is 7.40. The van der Waals surface area contributed by atoms with Crippen LogP contribution in [0.25, 0.3) is 4.96 Å². The topological polar surface area (TPSA) is 29.3 Å². The Morgan fingerprint density at radius 2 is 2.40 bits per heavy atom. The van der Waals surface area contributed by atoms with Crippen molar-refractivity contribution in [2.24, 2.45) is 0 Å². The van der Waals surface area contributed by atoms with Crippen LogP contribution in [0.5, 0.6) is 0 Å². The van der Waals surface area contributed by atoms with E-state index in [9.17, 15) is 0 Å². The van der Waals surface area contributed by atoms with E-state index in [4.69, 9.17) is 11.6 Å². The summed E-state index contributed by atoms with van der Waals surface area (Å²) in [5.41, 5.74) is 1.10. The summed E-state index contributed by atoms with van der Waals surface area (Å²) in [5, 5.41) is 5.40. The van der Waals surface area contributed by atoms with Gasteiger partial charge >= 0.3 is 0 Å². The SMILES string of the molecule is ClCCCCNCc1cn2ccsc2n1. The molecule has 0 bridgehead atoms. The van der Waals surface area contributed by atoms with Crippen LogP contribution >= 0.6 is 22.9 Å². The molecule has 5 heteroatoms. The standard InChI is InChI=1S/C10H14ClN3S/c11-3-1-2-4-12-7-9-8-14-5-6-15-10(14)13-9/h5-6,8,12H,1-4,7H2. The quantitative estimate of drug-likeness (QED) is 0.624. The second kappa shape index (κ2) is 5.49. The molecule has 0 spiro atoms. The fraction of sp³-hybridized carbons (Fsp3) is 0.500. The molecule has 15 heavy (non-hydrogen) atoms. The van der Waals surface area contributed by atoms with Crippen LogP contribution in [-0.2, 0) is 6.54 Å². The lowest BCUT2D eigenvalue weighted by atomic mass is 10.3. The summed E-state index contributed by atoms with van der Waals surface area (Å²) >= 11 is 7.26. The van der Waals surface area contributed by atoms with Gasteiger partial charge in [-0.05, 0) is 19.4 Å². The van der Waals surface area contributed by atoms with Gasteiger partial charge in [0.2, 0.25) is 0 Å². The minimum Gasteiger partial charge on any atom is -0.311 e. The Hall–Kier alpha value is -0.580. The maximum absolute atomic E-state index is 5.59. The summed E-state index contributed by atoms with van der Waals surface area (Å²) in [4.78, 5) is 5.55. The predicted molar refractivity (Wildman–Crippen MR) is 64.7 cm³/mol. The summed E-state index contributed by atoms with van der Waals surface area (Å²) in [6, 6.07) is 0. The number of imidazole rings is 1.